The fourth-order valence-corrected chi connectivity index (χ4v) is 1.45. The van der Waals surface area contributed by atoms with Gasteiger partial charge in [0.15, 0.2) is 0 Å². The number of rotatable bonds is 2. The fourth-order valence-electron chi connectivity index (χ4n) is 1.22. The summed E-state index contributed by atoms with van der Waals surface area (Å²) in [4.78, 5) is 22.8. The number of amides is 2. The monoisotopic (exact) mass is 321 g/mol. The largest absolute Gasteiger partial charge is 0.417 e. The SMILES string of the molecule is CC(C)=NNC(=O)C(=O)Nc1ccc(Cl)c(C(F)(F)F)c1. The Bertz CT molecular complexity index is 596. The number of benzene rings is 1. The van der Waals surface area contributed by atoms with Gasteiger partial charge in [-0.05, 0) is 32.0 Å². The number of nitrogens with zero attached hydrogens (tertiary/aromatic N) is 1. The van der Waals surface area contributed by atoms with E-state index < -0.39 is 28.6 Å². The van der Waals surface area contributed by atoms with Gasteiger partial charge in [-0.25, -0.2) is 5.43 Å². The van der Waals surface area contributed by atoms with Crippen molar-refractivity contribution in [2.75, 3.05) is 5.32 Å². The highest BCUT2D eigenvalue weighted by molar-refractivity contribution is 6.39. The first-order valence-electron chi connectivity index (χ1n) is 5.60. The molecule has 1 aromatic rings. The van der Waals surface area contributed by atoms with Crippen LogP contribution in [-0.4, -0.2) is 17.5 Å². The predicted molar refractivity (Wildman–Crippen MR) is 72.0 cm³/mol. The van der Waals surface area contributed by atoms with Gasteiger partial charge in [-0.1, -0.05) is 11.6 Å². The van der Waals surface area contributed by atoms with Crippen molar-refractivity contribution in [3.8, 4) is 0 Å². The van der Waals surface area contributed by atoms with Gasteiger partial charge in [-0.2, -0.15) is 18.3 Å². The second kappa shape index (κ2) is 6.57. The Kier molecular flexibility index (Phi) is 5.31. The molecule has 2 amide bonds. The first-order valence-corrected chi connectivity index (χ1v) is 5.98. The van der Waals surface area contributed by atoms with E-state index >= 15 is 0 Å². The molecule has 1 aromatic carbocycles. The van der Waals surface area contributed by atoms with Gasteiger partial charge in [0.05, 0.1) is 10.6 Å². The standard InChI is InChI=1S/C12H11ClF3N3O2/c1-6(2)18-19-11(21)10(20)17-7-3-4-9(13)8(5-7)12(14,15)16/h3-5H,1-2H3,(H,17,20)(H,19,21). The van der Waals surface area contributed by atoms with E-state index in [0.717, 1.165) is 12.1 Å². The zero-order valence-electron chi connectivity index (χ0n) is 11.0. The summed E-state index contributed by atoms with van der Waals surface area (Å²) in [5, 5.41) is 5.04. The molecule has 1 rings (SSSR count). The molecule has 0 atom stereocenters. The number of hydrazone groups is 1. The number of nitrogens with one attached hydrogen (secondary N) is 2. The van der Waals surface area contributed by atoms with E-state index in [1.165, 1.54) is 0 Å². The summed E-state index contributed by atoms with van der Waals surface area (Å²) in [5.41, 5.74) is 1.14. The lowest BCUT2D eigenvalue weighted by Gasteiger charge is -2.11. The molecule has 0 heterocycles. The van der Waals surface area contributed by atoms with E-state index in [1.807, 2.05) is 10.7 Å². The Labute approximate surface area is 123 Å². The summed E-state index contributed by atoms with van der Waals surface area (Å²) in [7, 11) is 0. The van der Waals surface area contributed by atoms with Gasteiger partial charge in [0, 0.05) is 11.4 Å². The molecule has 114 valence electrons. The summed E-state index contributed by atoms with van der Waals surface area (Å²) in [5.74, 6) is -2.24. The van der Waals surface area contributed by atoms with E-state index in [-0.39, 0.29) is 5.69 Å². The molecule has 0 spiro atoms. The quantitative estimate of drug-likeness (QED) is 0.499. The highest BCUT2D eigenvalue weighted by Crippen LogP contribution is 2.36. The Morgan fingerprint density at radius 3 is 2.33 bits per heavy atom. The van der Waals surface area contributed by atoms with E-state index in [1.54, 1.807) is 13.8 Å². The van der Waals surface area contributed by atoms with Crippen LogP contribution in [0, 0.1) is 0 Å². The summed E-state index contributed by atoms with van der Waals surface area (Å²) in [6.07, 6.45) is -4.66. The molecular formula is C12H11ClF3N3O2. The molecule has 0 aliphatic heterocycles. The summed E-state index contributed by atoms with van der Waals surface area (Å²) in [6.45, 7) is 3.18. The fraction of sp³-hybridized carbons (Fsp3) is 0.250. The van der Waals surface area contributed by atoms with Crippen LogP contribution in [0.1, 0.15) is 19.4 Å². The normalized spacial score (nSPS) is 10.8. The molecule has 21 heavy (non-hydrogen) atoms. The lowest BCUT2D eigenvalue weighted by atomic mass is 10.2. The van der Waals surface area contributed by atoms with E-state index in [9.17, 15) is 22.8 Å². The van der Waals surface area contributed by atoms with Gasteiger partial charge in [0.1, 0.15) is 0 Å². The molecule has 2 N–H and O–H groups in total. The number of alkyl halides is 3. The van der Waals surface area contributed by atoms with Gasteiger partial charge in [0.25, 0.3) is 0 Å². The van der Waals surface area contributed by atoms with Crippen LogP contribution >= 0.6 is 11.6 Å². The van der Waals surface area contributed by atoms with Crippen LogP contribution in [0.15, 0.2) is 23.3 Å². The van der Waals surface area contributed by atoms with Gasteiger partial charge in [-0.15, -0.1) is 0 Å². The van der Waals surface area contributed by atoms with Crippen LogP contribution in [0.25, 0.3) is 0 Å². The number of hydrogen-bond donors (Lipinski definition) is 2. The zero-order valence-corrected chi connectivity index (χ0v) is 11.8. The Balaban J connectivity index is 2.87. The van der Waals surface area contributed by atoms with Crippen LogP contribution in [0.2, 0.25) is 5.02 Å². The van der Waals surface area contributed by atoms with Crippen molar-refractivity contribution < 1.29 is 22.8 Å². The average molecular weight is 322 g/mol. The van der Waals surface area contributed by atoms with Crippen molar-refractivity contribution in [1.82, 2.24) is 5.43 Å². The molecule has 9 heteroatoms. The van der Waals surface area contributed by atoms with Gasteiger partial charge >= 0.3 is 18.0 Å². The van der Waals surface area contributed by atoms with Crippen molar-refractivity contribution in [2.24, 2.45) is 5.10 Å². The van der Waals surface area contributed by atoms with Crippen molar-refractivity contribution in [2.45, 2.75) is 20.0 Å². The predicted octanol–water partition coefficient (Wildman–Crippen LogP) is 2.81. The number of carbonyl (C=O) groups excluding carboxylic acids is 2. The number of hydrogen-bond acceptors (Lipinski definition) is 3. The Hall–Kier alpha value is -2.09. The lowest BCUT2D eigenvalue weighted by Crippen LogP contribution is -2.32. The van der Waals surface area contributed by atoms with Gasteiger partial charge < -0.3 is 5.32 Å². The highest BCUT2D eigenvalue weighted by atomic mass is 35.5. The van der Waals surface area contributed by atoms with E-state index in [2.05, 4.69) is 5.10 Å². The number of carbonyl (C=O) groups is 2. The third-order valence-corrected chi connectivity index (χ3v) is 2.45. The average Bonchev–Trinajstić information content (AvgIpc) is 2.36. The molecule has 0 fully saturated rings. The van der Waals surface area contributed by atoms with E-state index in [0.29, 0.717) is 11.8 Å². The molecule has 0 bridgehead atoms. The Morgan fingerprint density at radius 1 is 1.19 bits per heavy atom. The van der Waals surface area contributed by atoms with Crippen molar-refractivity contribution in [3.05, 3.63) is 28.8 Å². The maximum Gasteiger partial charge on any atom is 0.417 e. The molecule has 0 radical (unpaired) electrons. The third kappa shape index (κ3) is 5.07. The van der Waals surface area contributed by atoms with Crippen LogP contribution < -0.4 is 10.7 Å². The lowest BCUT2D eigenvalue weighted by molar-refractivity contribution is -0.137. The molecule has 0 saturated carbocycles. The van der Waals surface area contributed by atoms with Crippen LogP contribution in [0.3, 0.4) is 0 Å². The van der Waals surface area contributed by atoms with Crippen molar-refractivity contribution >= 4 is 34.8 Å². The zero-order chi connectivity index (χ0) is 16.2. The topological polar surface area (TPSA) is 70.6 Å². The Morgan fingerprint density at radius 2 is 1.81 bits per heavy atom. The summed E-state index contributed by atoms with van der Waals surface area (Å²) >= 11 is 5.43. The third-order valence-electron chi connectivity index (χ3n) is 2.12. The molecule has 0 aliphatic carbocycles. The first kappa shape index (κ1) is 17.0. The molecule has 0 saturated heterocycles. The smallest absolute Gasteiger partial charge is 0.318 e. The highest BCUT2D eigenvalue weighted by Gasteiger charge is 2.33. The number of halogens is 4. The van der Waals surface area contributed by atoms with Crippen molar-refractivity contribution in [3.63, 3.8) is 0 Å². The minimum atomic E-state index is -4.66. The minimum absolute atomic E-state index is 0.205. The van der Waals surface area contributed by atoms with E-state index in [4.69, 9.17) is 11.6 Å². The van der Waals surface area contributed by atoms with Crippen LogP contribution in [0.5, 0.6) is 0 Å². The molecule has 5 nitrogen and oxygen atoms in total. The van der Waals surface area contributed by atoms with Crippen LogP contribution in [0.4, 0.5) is 18.9 Å². The summed E-state index contributed by atoms with van der Waals surface area (Å²) < 4.78 is 37.9. The molecular weight excluding hydrogens is 311 g/mol. The molecule has 0 aromatic heterocycles. The second-order valence-corrected chi connectivity index (χ2v) is 4.55. The van der Waals surface area contributed by atoms with Gasteiger partial charge in [0.2, 0.25) is 0 Å². The molecule has 0 aliphatic rings. The maximum absolute atomic E-state index is 12.6. The maximum atomic E-state index is 12.6. The van der Waals surface area contributed by atoms with Gasteiger partial charge in [-0.3, -0.25) is 9.59 Å². The first-order chi connectivity index (χ1) is 9.61. The molecule has 0 unspecified atom stereocenters. The second-order valence-electron chi connectivity index (χ2n) is 4.15. The summed E-state index contributed by atoms with van der Waals surface area (Å²) in [6, 6.07) is 2.77. The minimum Gasteiger partial charge on any atom is -0.318 e. The van der Waals surface area contributed by atoms with Crippen LogP contribution in [-0.2, 0) is 15.8 Å². The number of anilines is 1. The van der Waals surface area contributed by atoms with Crippen molar-refractivity contribution in [1.29, 1.82) is 0 Å².